The summed E-state index contributed by atoms with van der Waals surface area (Å²) in [5.41, 5.74) is -0.845. The molecule has 31 heavy (non-hydrogen) atoms. The molecular weight excluding hydrogens is 402 g/mol. The molecule has 2 aliphatic heterocycles. The number of esters is 3. The SMILES string of the molecule is CC(=O)O[C@H]1C[C@H](OC(C)=O)[C@]2(C)[C@H]1[C@H](C)C[C@@H]1OC(=O)[C@@H](CN3CCCC3)[C@H]1[C@@H]2O. The van der Waals surface area contributed by atoms with Gasteiger partial charge >= 0.3 is 17.9 Å². The molecule has 0 radical (unpaired) electrons. The van der Waals surface area contributed by atoms with Crippen molar-refractivity contribution in [3.8, 4) is 0 Å². The monoisotopic (exact) mass is 437 g/mol. The van der Waals surface area contributed by atoms with E-state index in [1.165, 1.54) is 13.8 Å². The zero-order valence-electron chi connectivity index (χ0n) is 18.9. The van der Waals surface area contributed by atoms with E-state index in [1.807, 2.05) is 13.8 Å². The minimum atomic E-state index is -0.920. The smallest absolute Gasteiger partial charge is 0.311 e. The van der Waals surface area contributed by atoms with Gasteiger partial charge in [0.1, 0.15) is 18.3 Å². The number of ether oxygens (including phenoxy) is 3. The quantitative estimate of drug-likeness (QED) is 0.522. The maximum atomic E-state index is 12.8. The Morgan fingerprint density at radius 3 is 2.42 bits per heavy atom. The number of hydrogen-bond acceptors (Lipinski definition) is 8. The van der Waals surface area contributed by atoms with Gasteiger partial charge in [0.25, 0.3) is 0 Å². The minimum absolute atomic E-state index is 0.0119. The maximum absolute atomic E-state index is 12.8. The van der Waals surface area contributed by atoms with Crippen LogP contribution in [0.4, 0.5) is 0 Å². The number of rotatable bonds is 4. The Morgan fingerprint density at radius 1 is 1.16 bits per heavy atom. The normalized spacial score (nSPS) is 44.9. The number of likely N-dealkylation sites (tertiary alicyclic amines) is 1. The van der Waals surface area contributed by atoms with Crippen LogP contribution >= 0.6 is 0 Å². The lowest BCUT2D eigenvalue weighted by atomic mass is 9.66. The fraction of sp³-hybridized carbons (Fsp3) is 0.870. The van der Waals surface area contributed by atoms with Crippen molar-refractivity contribution < 1.29 is 33.7 Å². The molecule has 0 spiro atoms. The summed E-state index contributed by atoms with van der Waals surface area (Å²) in [5.74, 6) is -2.03. The summed E-state index contributed by atoms with van der Waals surface area (Å²) in [5, 5.41) is 11.8. The van der Waals surface area contributed by atoms with Crippen LogP contribution < -0.4 is 0 Å². The number of fused-ring (bicyclic) bond motifs is 2. The third kappa shape index (κ3) is 3.86. The van der Waals surface area contributed by atoms with Gasteiger partial charge in [-0.25, -0.2) is 0 Å². The predicted octanol–water partition coefficient (Wildman–Crippen LogP) is 1.53. The van der Waals surface area contributed by atoms with Gasteiger partial charge in [-0.2, -0.15) is 0 Å². The summed E-state index contributed by atoms with van der Waals surface area (Å²) in [4.78, 5) is 38.8. The highest BCUT2D eigenvalue weighted by Gasteiger charge is 2.67. The van der Waals surface area contributed by atoms with Gasteiger partial charge < -0.3 is 24.2 Å². The molecule has 2 saturated carbocycles. The number of carbonyl (C=O) groups is 3. The largest absolute Gasteiger partial charge is 0.462 e. The van der Waals surface area contributed by atoms with Crippen molar-refractivity contribution in [1.29, 1.82) is 0 Å². The summed E-state index contributed by atoms with van der Waals surface area (Å²) in [6, 6.07) is 0. The molecule has 0 aromatic heterocycles. The zero-order valence-corrected chi connectivity index (χ0v) is 18.9. The molecule has 0 aromatic rings. The molecule has 8 nitrogen and oxygen atoms in total. The Hall–Kier alpha value is -1.67. The Labute approximate surface area is 183 Å². The van der Waals surface area contributed by atoms with Gasteiger partial charge in [0, 0.05) is 44.1 Å². The maximum Gasteiger partial charge on any atom is 0.311 e. The minimum Gasteiger partial charge on any atom is -0.462 e. The summed E-state index contributed by atoms with van der Waals surface area (Å²) in [6.45, 7) is 9.19. The van der Waals surface area contributed by atoms with E-state index in [2.05, 4.69) is 4.90 Å². The second-order valence-electron chi connectivity index (χ2n) is 10.2. The van der Waals surface area contributed by atoms with Crippen LogP contribution in [-0.4, -0.2) is 72.0 Å². The third-order valence-corrected chi connectivity index (χ3v) is 8.22. The Balaban J connectivity index is 1.69. The lowest BCUT2D eigenvalue weighted by molar-refractivity contribution is -0.165. The van der Waals surface area contributed by atoms with Gasteiger partial charge in [-0.05, 0) is 38.3 Å². The van der Waals surface area contributed by atoms with E-state index < -0.39 is 35.6 Å². The topological polar surface area (TPSA) is 102 Å². The lowest BCUT2D eigenvalue weighted by Crippen LogP contribution is -2.52. The number of aliphatic hydroxyl groups excluding tert-OH is 1. The molecule has 0 aromatic carbocycles. The number of carbonyl (C=O) groups excluding carboxylic acids is 3. The van der Waals surface area contributed by atoms with Crippen molar-refractivity contribution in [3.05, 3.63) is 0 Å². The molecule has 174 valence electrons. The van der Waals surface area contributed by atoms with Gasteiger partial charge in [0.15, 0.2) is 0 Å². The van der Waals surface area contributed by atoms with Crippen LogP contribution in [0.5, 0.6) is 0 Å². The van der Waals surface area contributed by atoms with E-state index in [4.69, 9.17) is 14.2 Å². The van der Waals surface area contributed by atoms with Gasteiger partial charge in [-0.1, -0.05) is 13.8 Å². The van der Waals surface area contributed by atoms with Crippen LogP contribution in [0.15, 0.2) is 0 Å². The Kier molecular flexibility index (Phi) is 6.07. The van der Waals surface area contributed by atoms with E-state index >= 15 is 0 Å². The molecule has 9 atom stereocenters. The Morgan fingerprint density at radius 2 is 1.81 bits per heavy atom. The molecular formula is C23H35NO7. The first-order valence-electron chi connectivity index (χ1n) is 11.6. The molecule has 0 amide bonds. The second-order valence-corrected chi connectivity index (χ2v) is 10.2. The van der Waals surface area contributed by atoms with Gasteiger partial charge in [0.2, 0.25) is 0 Å². The summed E-state index contributed by atoms with van der Waals surface area (Å²) < 4.78 is 17.2. The molecule has 4 fully saturated rings. The molecule has 0 unspecified atom stereocenters. The number of hydrogen-bond donors (Lipinski definition) is 1. The zero-order chi connectivity index (χ0) is 22.5. The highest BCUT2D eigenvalue weighted by atomic mass is 16.6. The average molecular weight is 438 g/mol. The molecule has 1 N–H and O–H groups in total. The van der Waals surface area contributed by atoms with E-state index in [-0.39, 0.29) is 35.8 Å². The van der Waals surface area contributed by atoms with E-state index in [9.17, 15) is 19.5 Å². The molecule has 8 heteroatoms. The van der Waals surface area contributed by atoms with E-state index in [0.717, 1.165) is 25.9 Å². The molecule has 2 aliphatic carbocycles. The second kappa shape index (κ2) is 8.35. The van der Waals surface area contributed by atoms with E-state index in [1.54, 1.807) is 0 Å². The van der Waals surface area contributed by atoms with Crippen LogP contribution in [0, 0.1) is 29.1 Å². The van der Waals surface area contributed by atoms with Gasteiger partial charge in [-0.15, -0.1) is 0 Å². The van der Waals surface area contributed by atoms with Crippen LogP contribution in [0.2, 0.25) is 0 Å². The predicted molar refractivity (Wildman–Crippen MR) is 110 cm³/mol. The Bertz CT molecular complexity index is 735. The fourth-order valence-corrected chi connectivity index (χ4v) is 7.03. The highest BCUT2D eigenvalue weighted by Crippen LogP contribution is 2.58. The molecule has 0 bridgehead atoms. The summed E-state index contributed by atoms with van der Waals surface area (Å²) in [6.07, 6.45) is 0.822. The fourth-order valence-electron chi connectivity index (χ4n) is 7.03. The van der Waals surface area contributed by atoms with E-state index in [0.29, 0.717) is 19.4 Å². The van der Waals surface area contributed by atoms with Crippen LogP contribution in [0.1, 0.15) is 53.4 Å². The van der Waals surface area contributed by atoms with Crippen LogP contribution in [-0.2, 0) is 28.6 Å². The number of aliphatic hydroxyl groups is 1. The van der Waals surface area contributed by atoms with Gasteiger partial charge in [-0.3, -0.25) is 14.4 Å². The molecule has 2 saturated heterocycles. The first-order valence-corrected chi connectivity index (χ1v) is 11.6. The first kappa shape index (κ1) is 22.5. The van der Waals surface area contributed by atoms with Crippen LogP contribution in [0.3, 0.4) is 0 Å². The first-order chi connectivity index (χ1) is 14.6. The third-order valence-electron chi connectivity index (χ3n) is 8.22. The summed E-state index contributed by atoms with van der Waals surface area (Å²) >= 11 is 0. The molecule has 4 aliphatic rings. The standard InChI is InChI=1S/C23H35NO7/c1-12-9-16-19(15(22(28)31-16)11-24-7-5-6-8-24)21(27)23(4)18(30-14(3)26)10-17(20(12)23)29-13(2)25/h12,15-21,27H,5-11H2,1-4H3/t12-,15+,16+,17+,18+,19-,20+,21+,23-/m1/s1. The van der Waals surface area contributed by atoms with Crippen molar-refractivity contribution in [2.75, 3.05) is 19.6 Å². The van der Waals surface area contributed by atoms with Crippen molar-refractivity contribution in [2.24, 2.45) is 29.1 Å². The average Bonchev–Trinajstić information content (AvgIpc) is 3.32. The number of nitrogens with zero attached hydrogens (tertiary/aromatic N) is 1. The molecule has 2 heterocycles. The lowest BCUT2D eigenvalue weighted by Gasteiger charge is -2.43. The van der Waals surface area contributed by atoms with Gasteiger partial charge in [0.05, 0.1) is 12.0 Å². The highest BCUT2D eigenvalue weighted by molar-refractivity contribution is 5.76. The van der Waals surface area contributed by atoms with Crippen molar-refractivity contribution in [1.82, 2.24) is 4.90 Å². The summed E-state index contributed by atoms with van der Waals surface area (Å²) in [7, 11) is 0. The van der Waals surface area contributed by atoms with Crippen molar-refractivity contribution >= 4 is 17.9 Å². The molecule has 4 rings (SSSR count). The van der Waals surface area contributed by atoms with Crippen molar-refractivity contribution in [3.63, 3.8) is 0 Å². The van der Waals surface area contributed by atoms with Crippen molar-refractivity contribution in [2.45, 2.75) is 77.8 Å². The van der Waals surface area contributed by atoms with Crippen LogP contribution in [0.25, 0.3) is 0 Å².